The molecule has 1 saturated heterocycles. The minimum absolute atomic E-state index is 0.0977. The van der Waals surface area contributed by atoms with E-state index in [2.05, 4.69) is 6.92 Å². The molecule has 1 aliphatic heterocycles. The first-order chi connectivity index (χ1) is 12.5. The third kappa shape index (κ3) is 4.11. The van der Waals surface area contributed by atoms with Crippen molar-refractivity contribution in [1.82, 2.24) is 0 Å². The van der Waals surface area contributed by atoms with E-state index in [1.165, 1.54) is 11.8 Å². The lowest BCUT2D eigenvalue weighted by molar-refractivity contribution is -0.113. The molecule has 26 heavy (non-hydrogen) atoms. The van der Waals surface area contributed by atoms with Gasteiger partial charge in [0.25, 0.3) is 5.91 Å². The van der Waals surface area contributed by atoms with Crippen molar-refractivity contribution in [2.75, 3.05) is 4.90 Å². The highest BCUT2D eigenvalue weighted by molar-refractivity contribution is 8.27. The molecule has 134 valence electrons. The zero-order valence-corrected chi connectivity index (χ0v) is 16.8. The summed E-state index contributed by atoms with van der Waals surface area (Å²) in [5.41, 5.74) is 1.61. The highest BCUT2D eigenvalue weighted by Crippen LogP contribution is 2.36. The molecule has 1 amide bonds. The number of thiocarbonyl (C=S) groups is 1. The Labute approximate surface area is 168 Å². The first kappa shape index (κ1) is 19.0. The number of rotatable bonds is 5. The maximum atomic E-state index is 12.7. The molecule has 0 unspecified atom stereocenters. The molecule has 2 aromatic carbocycles. The Morgan fingerprint density at radius 2 is 2.00 bits per heavy atom. The Morgan fingerprint density at radius 3 is 2.65 bits per heavy atom. The number of thioether (sulfide) groups is 1. The average molecular weight is 404 g/mol. The first-order valence-electron chi connectivity index (χ1n) is 8.28. The van der Waals surface area contributed by atoms with E-state index < -0.39 is 0 Å². The monoisotopic (exact) mass is 403 g/mol. The molecule has 3 nitrogen and oxygen atoms in total. The van der Waals surface area contributed by atoms with Crippen LogP contribution in [-0.2, 0) is 4.79 Å². The van der Waals surface area contributed by atoms with Gasteiger partial charge in [-0.15, -0.1) is 0 Å². The second-order valence-corrected chi connectivity index (χ2v) is 7.96. The molecule has 3 rings (SSSR count). The van der Waals surface area contributed by atoms with Gasteiger partial charge in [-0.1, -0.05) is 66.8 Å². The quantitative estimate of drug-likeness (QED) is 0.457. The van der Waals surface area contributed by atoms with Gasteiger partial charge in [-0.3, -0.25) is 9.69 Å². The molecular formula is C20H18ClNO2S2. The molecule has 1 aliphatic rings. The van der Waals surface area contributed by atoms with E-state index in [4.69, 9.17) is 28.6 Å². The van der Waals surface area contributed by atoms with Crippen molar-refractivity contribution in [2.45, 2.75) is 26.4 Å². The summed E-state index contributed by atoms with van der Waals surface area (Å²) in [5.74, 6) is 0.525. The number of carbonyl (C=O) groups is 1. The van der Waals surface area contributed by atoms with Gasteiger partial charge in [0.1, 0.15) is 5.75 Å². The molecule has 0 aromatic heterocycles. The Kier molecular flexibility index (Phi) is 6.01. The molecule has 1 heterocycles. The highest BCUT2D eigenvalue weighted by Gasteiger charge is 2.33. The maximum Gasteiger partial charge on any atom is 0.270 e. The number of halogens is 1. The average Bonchev–Trinajstić information content (AvgIpc) is 2.91. The Hall–Kier alpha value is -1.82. The van der Waals surface area contributed by atoms with E-state index in [0.29, 0.717) is 20.0 Å². The van der Waals surface area contributed by atoms with E-state index in [1.807, 2.05) is 49.4 Å². The van der Waals surface area contributed by atoms with Crippen molar-refractivity contribution in [3.8, 4) is 5.75 Å². The Bertz CT molecular complexity index is 867. The minimum atomic E-state index is -0.123. The van der Waals surface area contributed by atoms with Gasteiger partial charge >= 0.3 is 0 Å². The summed E-state index contributed by atoms with van der Waals surface area (Å²) in [7, 11) is 0. The summed E-state index contributed by atoms with van der Waals surface area (Å²) in [6.07, 6.45) is 2.81. The highest BCUT2D eigenvalue weighted by atomic mass is 35.5. The van der Waals surface area contributed by atoms with Gasteiger partial charge in [-0.2, -0.15) is 0 Å². The number of benzene rings is 2. The number of nitrogens with zero attached hydrogens (tertiary/aromatic N) is 1. The number of amides is 1. The fourth-order valence-corrected chi connectivity index (χ4v) is 3.95. The zero-order chi connectivity index (χ0) is 18.7. The molecule has 1 fully saturated rings. The van der Waals surface area contributed by atoms with Gasteiger partial charge in [0, 0.05) is 0 Å². The van der Waals surface area contributed by atoms with Crippen LogP contribution in [0.3, 0.4) is 0 Å². The van der Waals surface area contributed by atoms with E-state index in [0.717, 1.165) is 17.7 Å². The van der Waals surface area contributed by atoms with Crippen molar-refractivity contribution in [3.63, 3.8) is 0 Å². The Balaban J connectivity index is 1.83. The number of hydrogen-bond donors (Lipinski definition) is 0. The molecule has 6 heteroatoms. The number of para-hydroxylation sites is 1. The lowest BCUT2D eigenvalue weighted by Crippen LogP contribution is -2.27. The second-order valence-electron chi connectivity index (χ2n) is 5.88. The summed E-state index contributed by atoms with van der Waals surface area (Å²) >= 11 is 13.0. The summed E-state index contributed by atoms with van der Waals surface area (Å²) < 4.78 is 6.30. The van der Waals surface area contributed by atoms with Crippen LogP contribution >= 0.6 is 35.6 Å². The largest absolute Gasteiger partial charge is 0.489 e. The Morgan fingerprint density at radius 1 is 1.27 bits per heavy atom. The normalized spacial score (nSPS) is 17.0. The molecule has 0 spiro atoms. The van der Waals surface area contributed by atoms with Crippen molar-refractivity contribution < 1.29 is 9.53 Å². The molecule has 0 bridgehead atoms. The van der Waals surface area contributed by atoms with E-state index in [9.17, 15) is 4.79 Å². The van der Waals surface area contributed by atoms with Crippen LogP contribution in [0.4, 0.5) is 5.69 Å². The maximum absolute atomic E-state index is 12.7. The lowest BCUT2D eigenvalue weighted by atomic mass is 10.2. The molecule has 0 aliphatic carbocycles. The van der Waals surface area contributed by atoms with Crippen molar-refractivity contribution in [1.29, 1.82) is 0 Å². The van der Waals surface area contributed by atoms with Crippen LogP contribution in [0.15, 0.2) is 53.4 Å². The number of ether oxygens (including phenoxy) is 1. The number of hydrogen-bond acceptors (Lipinski definition) is 4. The van der Waals surface area contributed by atoms with Crippen LogP contribution in [-0.4, -0.2) is 16.3 Å². The molecular weight excluding hydrogens is 386 g/mol. The lowest BCUT2D eigenvalue weighted by Gasteiger charge is -2.14. The summed E-state index contributed by atoms with van der Waals surface area (Å²) in [4.78, 5) is 14.9. The van der Waals surface area contributed by atoms with Crippen LogP contribution in [0.1, 0.15) is 25.8 Å². The SMILES string of the molecule is CC[C@H](C)Oc1ccc(/C=C2/SC(=S)N(c3ccccc3)C2=O)cc1Cl. The molecule has 0 N–H and O–H groups in total. The third-order valence-corrected chi connectivity index (χ3v) is 5.56. The number of carbonyl (C=O) groups excluding carboxylic acids is 1. The predicted octanol–water partition coefficient (Wildman–Crippen LogP) is 5.92. The molecule has 0 radical (unpaired) electrons. The predicted molar refractivity (Wildman–Crippen MR) is 114 cm³/mol. The van der Waals surface area contributed by atoms with Gasteiger partial charge in [-0.05, 0) is 49.2 Å². The summed E-state index contributed by atoms with van der Waals surface area (Å²) in [5, 5.41) is 0.526. The van der Waals surface area contributed by atoms with Crippen LogP contribution in [0, 0.1) is 0 Å². The number of anilines is 1. The standard InChI is InChI=1S/C20H18ClNO2S2/c1-3-13(2)24-17-10-9-14(11-16(17)21)12-18-19(23)22(20(25)26-18)15-7-5-4-6-8-15/h4-13H,3H2,1-2H3/b18-12+/t13-/m0/s1. The van der Waals surface area contributed by atoms with E-state index in [-0.39, 0.29) is 12.0 Å². The summed E-state index contributed by atoms with van der Waals surface area (Å²) in [6, 6.07) is 14.9. The van der Waals surface area contributed by atoms with Crippen LogP contribution in [0.25, 0.3) is 6.08 Å². The fourth-order valence-electron chi connectivity index (χ4n) is 2.42. The third-order valence-electron chi connectivity index (χ3n) is 3.96. The van der Waals surface area contributed by atoms with Gasteiger partial charge in [0.15, 0.2) is 4.32 Å². The van der Waals surface area contributed by atoms with Crippen molar-refractivity contribution in [3.05, 3.63) is 64.0 Å². The van der Waals surface area contributed by atoms with Gasteiger partial charge in [0.2, 0.25) is 0 Å². The minimum Gasteiger partial charge on any atom is -0.489 e. The molecule has 2 aromatic rings. The smallest absolute Gasteiger partial charge is 0.270 e. The second kappa shape index (κ2) is 8.25. The van der Waals surface area contributed by atoms with E-state index >= 15 is 0 Å². The fraction of sp³-hybridized carbons (Fsp3) is 0.200. The van der Waals surface area contributed by atoms with Crippen molar-refractivity contribution in [2.24, 2.45) is 0 Å². The van der Waals surface area contributed by atoms with Crippen LogP contribution < -0.4 is 9.64 Å². The molecule has 1 atom stereocenters. The first-order valence-corrected chi connectivity index (χ1v) is 9.89. The van der Waals surface area contributed by atoms with Gasteiger partial charge < -0.3 is 4.74 Å². The van der Waals surface area contributed by atoms with Crippen LogP contribution in [0.2, 0.25) is 5.02 Å². The topological polar surface area (TPSA) is 29.5 Å². The molecule has 0 saturated carbocycles. The van der Waals surface area contributed by atoms with Gasteiger partial charge in [0.05, 0.1) is 21.7 Å². The van der Waals surface area contributed by atoms with Crippen molar-refractivity contribution >= 4 is 57.6 Å². The van der Waals surface area contributed by atoms with Crippen LogP contribution in [0.5, 0.6) is 5.75 Å². The van der Waals surface area contributed by atoms with E-state index in [1.54, 1.807) is 17.0 Å². The zero-order valence-electron chi connectivity index (χ0n) is 14.4. The summed E-state index contributed by atoms with van der Waals surface area (Å²) in [6.45, 7) is 4.06. The van der Waals surface area contributed by atoms with Gasteiger partial charge in [-0.25, -0.2) is 0 Å².